The topological polar surface area (TPSA) is 59.2 Å². The number of aryl methyl sites for hydroxylation is 1. The molecular weight excluding hydrogens is 365 g/mol. The largest absolute Gasteiger partial charge is 0.341 e. The first kappa shape index (κ1) is 22.9. The molecule has 24 heavy (non-hydrogen) atoms. The molecule has 2 N–H and O–H groups in total. The Bertz CT molecular complexity index is 673. The Balaban J connectivity index is 0.00000264. The van der Waals surface area contributed by atoms with Crippen LogP contribution in [0, 0.1) is 12.3 Å². The monoisotopic (exact) mass is 389 g/mol. The fraction of sp³-hybridized carbons (Fsp3) is 0.412. The maximum atomic E-state index is 12.6. The smallest absolute Gasteiger partial charge is 0.253 e. The van der Waals surface area contributed by atoms with Gasteiger partial charge < -0.3 is 10.6 Å². The third kappa shape index (κ3) is 5.74. The van der Waals surface area contributed by atoms with Crippen LogP contribution < -0.4 is 5.73 Å². The number of nitrogens with zero attached hydrogens (tertiary/aromatic N) is 2. The van der Waals surface area contributed by atoms with E-state index >= 15 is 0 Å². The summed E-state index contributed by atoms with van der Waals surface area (Å²) in [5.74, 6) is 0.00956. The molecule has 2 aromatic rings. The van der Waals surface area contributed by atoms with Crippen molar-refractivity contribution in [2.45, 2.75) is 20.8 Å². The Hall–Kier alpha value is -1.14. The molecule has 0 aliphatic heterocycles. The van der Waals surface area contributed by atoms with Gasteiger partial charge >= 0.3 is 0 Å². The van der Waals surface area contributed by atoms with Crippen LogP contribution in [0.25, 0.3) is 11.3 Å². The van der Waals surface area contributed by atoms with Gasteiger partial charge in [0.2, 0.25) is 0 Å². The molecule has 0 fully saturated rings. The van der Waals surface area contributed by atoms with Crippen LogP contribution in [0.1, 0.15) is 29.2 Å². The minimum atomic E-state index is -0.0892. The molecule has 0 atom stereocenters. The second-order valence-electron chi connectivity index (χ2n) is 6.36. The molecule has 0 bridgehead atoms. The van der Waals surface area contributed by atoms with Crippen LogP contribution in [0.15, 0.2) is 29.6 Å². The number of hydrogen-bond donors (Lipinski definition) is 1. The number of amides is 1. The van der Waals surface area contributed by atoms with E-state index in [0.717, 1.165) is 16.3 Å². The highest BCUT2D eigenvalue weighted by Crippen LogP contribution is 2.23. The summed E-state index contributed by atoms with van der Waals surface area (Å²) in [6.07, 6.45) is 0. The van der Waals surface area contributed by atoms with Crippen LogP contribution in [0.2, 0.25) is 0 Å². The van der Waals surface area contributed by atoms with E-state index in [-0.39, 0.29) is 36.1 Å². The predicted molar refractivity (Wildman–Crippen MR) is 107 cm³/mol. The SMILES string of the molecule is Cc1nc(-c2cccc(C(=O)N(C)CC(C)(C)CN)c2)cs1.Cl.Cl. The number of carbonyl (C=O) groups excluding carboxylic acids is 1. The third-order valence-corrected chi connectivity index (χ3v) is 4.36. The van der Waals surface area contributed by atoms with Gasteiger partial charge in [-0.15, -0.1) is 36.2 Å². The average Bonchev–Trinajstić information content (AvgIpc) is 2.93. The van der Waals surface area contributed by atoms with E-state index in [1.54, 1.807) is 16.2 Å². The van der Waals surface area contributed by atoms with Gasteiger partial charge in [-0.05, 0) is 31.0 Å². The highest BCUT2D eigenvalue weighted by Gasteiger charge is 2.22. The summed E-state index contributed by atoms with van der Waals surface area (Å²) in [5.41, 5.74) is 8.23. The Kier molecular flexibility index (Phi) is 8.93. The summed E-state index contributed by atoms with van der Waals surface area (Å²) in [6, 6.07) is 7.63. The molecule has 0 radical (unpaired) electrons. The predicted octanol–water partition coefficient (Wildman–Crippen LogP) is 4.02. The van der Waals surface area contributed by atoms with Gasteiger partial charge in [0.25, 0.3) is 5.91 Å². The van der Waals surface area contributed by atoms with Gasteiger partial charge in [-0.2, -0.15) is 0 Å². The van der Waals surface area contributed by atoms with Crippen molar-refractivity contribution < 1.29 is 4.79 Å². The zero-order chi connectivity index (χ0) is 16.3. The summed E-state index contributed by atoms with van der Waals surface area (Å²) in [6.45, 7) is 7.27. The van der Waals surface area contributed by atoms with Crippen LogP contribution in [0.4, 0.5) is 0 Å². The molecule has 4 nitrogen and oxygen atoms in total. The average molecular weight is 390 g/mol. The number of carbonyl (C=O) groups is 1. The quantitative estimate of drug-likeness (QED) is 0.839. The summed E-state index contributed by atoms with van der Waals surface area (Å²) in [4.78, 5) is 18.8. The van der Waals surface area contributed by atoms with Crippen LogP contribution in [0.3, 0.4) is 0 Å². The molecule has 0 spiro atoms. The fourth-order valence-electron chi connectivity index (χ4n) is 2.31. The zero-order valence-corrected chi connectivity index (χ0v) is 16.9. The Morgan fingerprint density at radius 3 is 2.54 bits per heavy atom. The van der Waals surface area contributed by atoms with Gasteiger partial charge in [0.15, 0.2) is 0 Å². The maximum absolute atomic E-state index is 12.6. The second-order valence-corrected chi connectivity index (χ2v) is 7.42. The van der Waals surface area contributed by atoms with Crippen molar-refractivity contribution in [2.75, 3.05) is 20.1 Å². The molecule has 0 saturated heterocycles. The molecule has 0 saturated carbocycles. The molecule has 2 rings (SSSR count). The van der Waals surface area contributed by atoms with Gasteiger partial charge in [-0.1, -0.05) is 26.0 Å². The number of aromatic nitrogens is 1. The van der Waals surface area contributed by atoms with Crippen molar-refractivity contribution in [1.29, 1.82) is 0 Å². The van der Waals surface area contributed by atoms with E-state index in [9.17, 15) is 4.79 Å². The van der Waals surface area contributed by atoms with Crippen molar-refractivity contribution in [3.05, 3.63) is 40.2 Å². The highest BCUT2D eigenvalue weighted by atomic mass is 35.5. The number of halogens is 2. The van der Waals surface area contributed by atoms with Gasteiger partial charge in [-0.3, -0.25) is 4.79 Å². The van der Waals surface area contributed by atoms with E-state index in [4.69, 9.17) is 5.73 Å². The van der Waals surface area contributed by atoms with Gasteiger partial charge in [0.05, 0.1) is 10.7 Å². The molecule has 7 heteroatoms. The van der Waals surface area contributed by atoms with Crippen LogP contribution in [0.5, 0.6) is 0 Å². The first-order valence-corrected chi connectivity index (χ1v) is 8.18. The van der Waals surface area contributed by atoms with Gasteiger partial charge in [-0.25, -0.2) is 4.98 Å². The summed E-state index contributed by atoms with van der Waals surface area (Å²) >= 11 is 1.61. The van der Waals surface area contributed by atoms with Crippen molar-refractivity contribution in [1.82, 2.24) is 9.88 Å². The fourth-order valence-corrected chi connectivity index (χ4v) is 2.93. The summed E-state index contributed by atoms with van der Waals surface area (Å²) in [5, 5.41) is 3.04. The molecule has 0 aliphatic rings. The minimum Gasteiger partial charge on any atom is -0.341 e. The van der Waals surface area contributed by atoms with Crippen molar-refractivity contribution in [3.8, 4) is 11.3 Å². The number of benzene rings is 1. The molecule has 1 aromatic heterocycles. The summed E-state index contributed by atoms with van der Waals surface area (Å²) < 4.78 is 0. The normalized spacial score (nSPS) is 10.5. The van der Waals surface area contributed by atoms with E-state index in [1.807, 2.05) is 43.6 Å². The number of hydrogen-bond acceptors (Lipinski definition) is 4. The van der Waals surface area contributed by atoms with E-state index in [0.29, 0.717) is 18.7 Å². The standard InChI is InChI=1S/C17H23N3OS.2ClH/c1-12-19-15(9-22-12)13-6-5-7-14(8-13)16(21)20(4)11-17(2,3)10-18;;/h5-9H,10-11,18H2,1-4H3;2*1H. The molecule has 1 aromatic carbocycles. The Morgan fingerprint density at radius 1 is 1.33 bits per heavy atom. The van der Waals surface area contributed by atoms with Crippen LogP contribution in [-0.2, 0) is 0 Å². The van der Waals surface area contributed by atoms with E-state index in [2.05, 4.69) is 18.8 Å². The molecule has 1 amide bonds. The lowest BCUT2D eigenvalue weighted by molar-refractivity contribution is 0.0740. The highest BCUT2D eigenvalue weighted by molar-refractivity contribution is 7.09. The van der Waals surface area contributed by atoms with Crippen LogP contribution >= 0.6 is 36.2 Å². The van der Waals surface area contributed by atoms with Crippen molar-refractivity contribution in [3.63, 3.8) is 0 Å². The van der Waals surface area contributed by atoms with Gasteiger partial charge in [0.1, 0.15) is 0 Å². The first-order chi connectivity index (χ1) is 10.3. The lowest BCUT2D eigenvalue weighted by atomic mass is 9.93. The molecule has 0 aliphatic carbocycles. The second kappa shape index (κ2) is 9.37. The summed E-state index contributed by atoms with van der Waals surface area (Å²) in [7, 11) is 1.82. The van der Waals surface area contributed by atoms with Crippen molar-refractivity contribution >= 4 is 42.1 Å². The lowest BCUT2D eigenvalue weighted by Gasteiger charge is -2.29. The number of nitrogens with two attached hydrogens (primary N) is 1. The minimum absolute atomic E-state index is 0. The maximum Gasteiger partial charge on any atom is 0.253 e. The van der Waals surface area contributed by atoms with Crippen LogP contribution in [-0.4, -0.2) is 35.9 Å². The number of rotatable bonds is 5. The van der Waals surface area contributed by atoms with Gasteiger partial charge in [0, 0.05) is 30.1 Å². The lowest BCUT2D eigenvalue weighted by Crippen LogP contribution is -2.39. The molecule has 1 heterocycles. The molecule has 0 unspecified atom stereocenters. The first-order valence-electron chi connectivity index (χ1n) is 7.30. The van der Waals surface area contributed by atoms with E-state index < -0.39 is 0 Å². The Morgan fingerprint density at radius 2 is 2.00 bits per heavy atom. The Labute approximate surface area is 160 Å². The van der Waals surface area contributed by atoms with Crippen molar-refractivity contribution in [2.24, 2.45) is 11.1 Å². The third-order valence-electron chi connectivity index (χ3n) is 3.59. The molecule has 134 valence electrons. The number of thiazole rings is 1. The molecular formula is C17H25Cl2N3OS. The van der Waals surface area contributed by atoms with E-state index in [1.165, 1.54) is 0 Å². The zero-order valence-electron chi connectivity index (χ0n) is 14.4.